The SMILES string of the molecule is [B]P1(=O)OC[C@H]2O[C@@H](n3cc4c5c(ncnc53)NOCC4)C(F)[C@H]2OP([B])(=O)OC[C@H]2O[C@@H](n3cc4c5c(ccnc53)NOCC4)[C@@H](F)C2O1. The van der Waals surface area contributed by atoms with Crippen LogP contribution in [0.3, 0.4) is 0 Å². The number of hydrogen-bond acceptors (Lipinski definition) is 15. The molecule has 5 aliphatic heterocycles. The number of alkyl halides is 2. The maximum absolute atomic E-state index is 16.4. The average molecular weight is 731 g/mol. The van der Waals surface area contributed by atoms with Gasteiger partial charge in [0, 0.05) is 36.8 Å². The van der Waals surface area contributed by atoms with Crippen LogP contribution in [0, 0.1) is 0 Å². The molecule has 0 bridgehead atoms. The number of nitrogens with one attached hydrogen (secondary N) is 2. The zero-order valence-corrected chi connectivity index (χ0v) is 27.7. The van der Waals surface area contributed by atoms with E-state index >= 15 is 8.78 Å². The van der Waals surface area contributed by atoms with Crippen LogP contribution in [0.2, 0.25) is 0 Å². The fourth-order valence-electron chi connectivity index (χ4n) is 7.03. The van der Waals surface area contributed by atoms with Crippen molar-refractivity contribution in [1.82, 2.24) is 24.1 Å². The van der Waals surface area contributed by atoms with E-state index in [2.05, 4.69) is 25.9 Å². The quantitative estimate of drug-likeness (QED) is 0.227. The Balaban J connectivity index is 1.00. The largest absolute Gasteiger partial charge is 0.346 e. The van der Waals surface area contributed by atoms with Gasteiger partial charge in [-0.15, -0.1) is 0 Å². The molecule has 10 atom stereocenters. The Hall–Kier alpha value is -2.96. The Morgan fingerprint density at radius 2 is 1.34 bits per heavy atom. The van der Waals surface area contributed by atoms with E-state index in [-0.39, 0.29) is 0 Å². The predicted octanol–water partition coefficient (Wildman–Crippen LogP) is 3.12. The second-order valence-electron chi connectivity index (χ2n) is 12.3. The van der Waals surface area contributed by atoms with Gasteiger partial charge in [0.2, 0.25) is 15.1 Å². The summed E-state index contributed by atoms with van der Waals surface area (Å²) >= 11 is 0. The summed E-state index contributed by atoms with van der Waals surface area (Å²) < 4.78 is 96.7. The summed E-state index contributed by atoms with van der Waals surface area (Å²) in [6, 6.07) is 1.72. The molecule has 4 aromatic heterocycles. The molecule has 9 rings (SSSR count). The minimum atomic E-state index is -4.59. The fourth-order valence-corrected chi connectivity index (χ4v) is 9.04. The van der Waals surface area contributed by atoms with Crippen molar-refractivity contribution in [1.29, 1.82) is 0 Å². The first-order valence-corrected chi connectivity index (χ1v) is 18.9. The topological polar surface area (TPSA) is 181 Å². The second kappa shape index (κ2) is 12.3. The van der Waals surface area contributed by atoms with Gasteiger partial charge in [-0.3, -0.25) is 24.3 Å². The minimum absolute atomic E-state index is 0.307. The summed E-state index contributed by atoms with van der Waals surface area (Å²) in [6.45, 7) is -0.698. The van der Waals surface area contributed by atoms with Crippen LogP contribution >= 0.6 is 14.9 Å². The molecule has 260 valence electrons. The number of rotatable bonds is 2. The number of anilines is 2. The molecular weight excluding hydrogens is 704 g/mol. The van der Waals surface area contributed by atoms with E-state index in [1.54, 1.807) is 18.5 Å². The molecule has 0 saturated carbocycles. The van der Waals surface area contributed by atoms with Gasteiger partial charge in [0.25, 0.3) is 14.9 Å². The van der Waals surface area contributed by atoms with Gasteiger partial charge in [-0.05, 0) is 17.2 Å². The monoisotopic (exact) mass is 731 g/mol. The summed E-state index contributed by atoms with van der Waals surface area (Å²) in [7, 11) is 2.76. The minimum Gasteiger partial charge on any atom is -0.346 e. The lowest BCUT2D eigenvalue weighted by molar-refractivity contribution is -0.0547. The molecule has 4 aromatic rings. The molecular formula is C27H27B2F2N7O10P2. The first-order valence-electron chi connectivity index (χ1n) is 15.7. The Kier molecular flexibility index (Phi) is 8.12. The molecule has 4 unspecified atom stereocenters. The molecule has 5 aliphatic rings. The van der Waals surface area contributed by atoms with E-state index in [9.17, 15) is 9.13 Å². The van der Waals surface area contributed by atoms with Crippen molar-refractivity contribution in [2.45, 2.75) is 62.1 Å². The molecule has 23 heteroatoms. The molecule has 50 heavy (non-hydrogen) atoms. The van der Waals surface area contributed by atoms with Crippen molar-refractivity contribution in [3.05, 3.63) is 42.1 Å². The third-order valence-corrected chi connectivity index (χ3v) is 11.3. The van der Waals surface area contributed by atoms with Crippen molar-refractivity contribution < 1.29 is 55.2 Å². The normalized spacial score (nSPS) is 37.5. The number of nitrogens with zero attached hydrogens (tertiary/aromatic N) is 5. The van der Waals surface area contributed by atoms with Crippen LogP contribution in [-0.2, 0) is 59.2 Å². The van der Waals surface area contributed by atoms with Gasteiger partial charge < -0.3 is 36.7 Å². The lowest BCUT2D eigenvalue weighted by Gasteiger charge is -2.29. The molecule has 3 fully saturated rings. The first kappa shape index (κ1) is 32.9. The van der Waals surface area contributed by atoms with Crippen LogP contribution in [0.15, 0.2) is 31.0 Å². The Labute approximate surface area is 284 Å². The molecule has 3 saturated heterocycles. The fraction of sp³-hybridized carbons (Fsp3) is 0.519. The van der Waals surface area contributed by atoms with Crippen LogP contribution in [0.1, 0.15) is 23.6 Å². The van der Waals surface area contributed by atoms with Crippen molar-refractivity contribution in [3.63, 3.8) is 0 Å². The van der Waals surface area contributed by atoms with E-state index in [1.807, 2.05) is 0 Å². The van der Waals surface area contributed by atoms with E-state index in [0.29, 0.717) is 59.6 Å². The average Bonchev–Trinajstić information content (AvgIpc) is 3.71. The maximum atomic E-state index is 16.4. The number of pyridine rings is 1. The van der Waals surface area contributed by atoms with Gasteiger partial charge in [-0.2, -0.15) is 0 Å². The summed E-state index contributed by atoms with van der Waals surface area (Å²) in [5.74, 6) is 0.384. The van der Waals surface area contributed by atoms with Crippen LogP contribution in [0.5, 0.6) is 0 Å². The van der Waals surface area contributed by atoms with Gasteiger partial charge in [0.1, 0.15) is 42.0 Å². The van der Waals surface area contributed by atoms with Crippen molar-refractivity contribution in [2.24, 2.45) is 0 Å². The van der Waals surface area contributed by atoms with Gasteiger partial charge in [-0.25, -0.2) is 29.2 Å². The summed E-state index contributed by atoms with van der Waals surface area (Å²) in [5.41, 5.74) is 8.50. The van der Waals surface area contributed by atoms with Crippen LogP contribution in [-0.4, -0.2) is 102 Å². The lowest BCUT2D eigenvalue weighted by atomic mass is 10.1. The molecule has 17 nitrogen and oxygen atoms in total. The number of hydrogen-bond donors (Lipinski definition) is 2. The van der Waals surface area contributed by atoms with Crippen molar-refractivity contribution in [2.75, 3.05) is 37.4 Å². The van der Waals surface area contributed by atoms with E-state index < -0.39 is 77.4 Å². The van der Waals surface area contributed by atoms with E-state index in [4.69, 9.17) is 52.4 Å². The third-order valence-electron chi connectivity index (χ3n) is 9.23. The Morgan fingerprint density at radius 3 is 1.96 bits per heavy atom. The number of ether oxygens (including phenoxy) is 2. The highest BCUT2D eigenvalue weighted by atomic mass is 31.2. The molecule has 0 amide bonds. The Bertz CT molecular complexity index is 1940. The third kappa shape index (κ3) is 5.59. The molecule has 9 heterocycles. The smallest absolute Gasteiger partial charge is 0.264 e. The zero-order chi connectivity index (χ0) is 34.4. The van der Waals surface area contributed by atoms with E-state index in [1.165, 1.54) is 21.7 Å². The molecule has 0 aromatic carbocycles. The predicted molar refractivity (Wildman–Crippen MR) is 170 cm³/mol. The van der Waals surface area contributed by atoms with Crippen LogP contribution < -0.4 is 11.0 Å². The van der Waals surface area contributed by atoms with Gasteiger partial charge in [0.15, 0.2) is 30.6 Å². The van der Waals surface area contributed by atoms with Crippen molar-refractivity contribution >= 4 is 63.7 Å². The maximum Gasteiger partial charge on any atom is 0.264 e. The number of fused-ring (bicyclic) bond motifs is 2. The van der Waals surface area contributed by atoms with Crippen LogP contribution in [0.4, 0.5) is 20.3 Å². The van der Waals surface area contributed by atoms with Gasteiger partial charge in [0.05, 0.1) is 37.5 Å². The van der Waals surface area contributed by atoms with E-state index in [0.717, 1.165) is 11.1 Å². The molecule has 4 radical (unpaired) electrons. The Morgan fingerprint density at radius 1 is 0.780 bits per heavy atom. The summed E-state index contributed by atoms with van der Waals surface area (Å²) in [5, 5.41) is 1.30. The van der Waals surface area contributed by atoms with Gasteiger partial charge in [-0.1, -0.05) is 0 Å². The molecule has 2 N–H and O–H groups in total. The zero-order valence-electron chi connectivity index (χ0n) is 25.9. The number of halogens is 2. The first-order chi connectivity index (χ1) is 24.1. The highest BCUT2D eigenvalue weighted by Gasteiger charge is 2.54. The highest BCUT2D eigenvalue weighted by molar-refractivity contribution is 7.79. The molecule has 0 aliphatic carbocycles. The molecule has 0 spiro atoms. The second-order valence-corrected chi connectivity index (χ2v) is 15.4. The highest BCUT2D eigenvalue weighted by Crippen LogP contribution is 2.54. The summed E-state index contributed by atoms with van der Waals surface area (Å²) in [6.07, 6.45) is -5.79. The van der Waals surface area contributed by atoms with Gasteiger partial charge >= 0.3 is 0 Å². The number of aromatic nitrogens is 5. The van der Waals surface area contributed by atoms with Crippen LogP contribution in [0.25, 0.3) is 22.1 Å². The lowest BCUT2D eigenvalue weighted by Crippen LogP contribution is -2.37. The van der Waals surface area contributed by atoms with Crippen molar-refractivity contribution in [3.8, 4) is 0 Å². The standard InChI is InChI=1S/C27H27B2F2N7O10P2/c28-49(39)44-10-16-22(20(31)27(46-16)38-8-13-3-6-42-36-23-18(13)25(38)34-11-33-23)48-50(29,40)43-9-15-21(47-49)19(30)26(45-15)37-7-12-2-5-41-35-14-1-4-32-24(37)17(12)14/h1,4,7-8,11,15-16,19-22,26-27,35H,2-3,5-6,9-10H2,(H,33,34,36)/t15-,16-,19+,20?,21?,22+,26-,27-,49?,50?/m1/s1. The summed E-state index contributed by atoms with van der Waals surface area (Å²) in [4.78, 5) is 23.7.